The van der Waals surface area contributed by atoms with Gasteiger partial charge in [0, 0.05) is 6.04 Å². The van der Waals surface area contributed by atoms with Crippen LogP contribution in [0.25, 0.3) is 0 Å². The SMILES string of the molecule is CCCC[C@H](N)C(=O)N(CC(=O)OC)C(C)C. The Morgan fingerprint density at radius 3 is 2.35 bits per heavy atom. The van der Waals surface area contributed by atoms with Crippen LogP contribution in [0, 0.1) is 0 Å². The molecule has 0 rings (SSSR count). The van der Waals surface area contributed by atoms with Crippen molar-refractivity contribution in [2.75, 3.05) is 13.7 Å². The summed E-state index contributed by atoms with van der Waals surface area (Å²) in [5, 5.41) is 0. The molecule has 0 radical (unpaired) electrons. The smallest absolute Gasteiger partial charge is 0.325 e. The van der Waals surface area contributed by atoms with E-state index in [0.717, 1.165) is 12.8 Å². The van der Waals surface area contributed by atoms with E-state index in [4.69, 9.17) is 5.73 Å². The van der Waals surface area contributed by atoms with Crippen LogP contribution in [0.3, 0.4) is 0 Å². The molecule has 0 aromatic heterocycles. The Bertz CT molecular complexity index is 254. The third kappa shape index (κ3) is 5.68. The van der Waals surface area contributed by atoms with Crippen LogP contribution in [0.1, 0.15) is 40.0 Å². The number of methoxy groups -OCH3 is 1. The summed E-state index contributed by atoms with van der Waals surface area (Å²) in [7, 11) is 1.31. The molecule has 5 heteroatoms. The molecule has 0 saturated carbocycles. The number of nitrogens with zero attached hydrogens (tertiary/aromatic N) is 1. The largest absolute Gasteiger partial charge is 0.468 e. The lowest BCUT2D eigenvalue weighted by Gasteiger charge is -2.28. The second-order valence-electron chi connectivity index (χ2n) is 4.38. The zero-order chi connectivity index (χ0) is 13.4. The summed E-state index contributed by atoms with van der Waals surface area (Å²) in [6.45, 7) is 5.72. The Kier molecular flexibility index (Phi) is 7.54. The van der Waals surface area contributed by atoms with Crippen molar-refractivity contribution >= 4 is 11.9 Å². The number of amides is 1. The lowest BCUT2D eigenvalue weighted by atomic mass is 10.1. The molecular weight excluding hydrogens is 220 g/mol. The van der Waals surface area contributed by atoms with Crippen LogP contribution in [0.4, 0.5) is 0 Å². The second-order valence-corrected chi connectivity index (χ2v) is 4.38. The van der Waals surface area contributed by atoms with E-state index in [-0.39, 0.29) is 18.5 Å². The zero-order valence-corrected chi connectivity index (χ0v) is 11.2. The minimum absolute atomic E-state index is 0.0349. The van der Waals surface area contributed by atoms with E-state index in [2.05, 4.69) is 4.74 Å². The molecule has 100 valence electrons. The maximum Gasteiger partial charge on any atom is 0.325 e. The maximum absolute atomic E-state index is 12.0. The Hall–Kier alpha value is -1.10. The summed E-state index contributed by atoms with van der Waals surface area (Å²) in [5.74, 6) is -0.603. The molecule has 0 aliphatic heterocycles. The number of carbonyl (C=O) groups is 2. The Labute approximate surface area is 103 Å². The van der Waals surface area contributed by atoms with Gasteiger partial charge in [0.15, 0.2) is 0 Å². The molecule has 1 amide bonds. The van der Waals surface area contributed by atoms with E-state index in [0.29, 0.717) is 6.42 Å². The highest BCUT2D eigenvalue weighted by atomic mass is 16.5. The van der Waals surface area contributed by atoms with Gasteiger partial charge in [-0.1, -0.05) is 19.8 Å². The fourth-order valence-corrected chi connectivity index (χ4v) is 1.48. The minimum atomic E-state index is -0.526. The highest BCUT2D eigenvalue weighted by Gasteiger charge is 2.25. The van der Waals surface area contributed by atoms with Gasteiger partial charge in [-0.05, 0) is 20.3 Å². The summed E-state index contributed by atoms with van der Waals surface area (Å²) >= 11 is 0. The van der Waals surface area contributed by atoms with Gasteiger partial charge in [0.05, 0.1) is 13.2 Å². The van der Waals surface area contributed by atoms with E-state index in [1.165, 1.54) is 12.0 Å². The summed E-state index contributed by atoms with van der Waals surface area (Å²) in [6.07, 6.45) is 2.57. The lowest BCUT2D eigenvalue weighted by molar-refractivity contribution is -0.148. The van der Waals surface area contributed by atoms with Gasteiger partial charge in [0.25, 0.3) is 0 Å². The quantitative estimate of drug-likeness (QED) is 0.676. The predicted octanol–water partition coefficient (Wildman–Crippen LogP) is 0.914. The number of rotatable bonds is 7. The first-order chi connectivity index (χ1) is 7.93. The van der Waals surface area contributed by atoms with Gasteiger partial charge in [0.2, 0.25) is 5.91 Å². The van der Waals surface area contributed by atoms with E-state index < -0.39 is 12.0 Å². The van der Waals surface area contributed by atoms with Gasteiger partial charge in [-0.2, -0.15) is 0 Å². The van der Waals surface area contributed by atoms with Gasteiger partial charge in [-0.3, -0.25) is 9.59 Å². The van der Waals surface area contributed by atoms with Crippen LogP contribution in [0.15, 0.2) is 0 Å². The predicted molar refractivity (Wildman–Crippen MR) is 66.4 cm³/mol. The molecule has 5 nitrogen and oxygen atoms in total. The number of hydrogen-bond acceptors (Lipinski definition) is 4. The average Bonchev–Trinajstić information content (AvgIpc) is 2.31. The van der Waals surface area contributed by atoms with Crippen molar-refractivity contribution in [1.29, 1.82) is 0 Å². The third-order valence-corrected chi connectivity index (χ3v) is 2.62. The van der Waals surface area contributed by atoms with Crippen LogP contribution in [0.2, 0.25) is 0 Å². The Morgan fingerprint density at radius 2 is 1.94 bits per heavy atom. The van der Waals surface area contributed by atoms with Gasteiger partial charge in [-0.25, -0.2) is 0 Å². The van der Waals surface area contributed by atoms with Crippen molar-refractivity contribution in [3.8, 4) is 0 Å². The molecule has 0 fully saturated rings. The number of unbranched alkanes of at least 4 members (excludes halogenated alkanes) is 1. The number of ether oxygens (including phenoxy) is 1. The maximum atomic E-state index is 12.0. The Morgan fingerprint density at radius 1 is 1.35 bits per heavy atom. The molecule has 0 aliphatic carbocycles. The van der Waals surface area contributed by atoms with E-state index >= 15 is 0 Å². The molecule has 2 N–H and O–H groups in total. The van der Waals surface area contributed by atoms with Crippen molar-refractivity contribution in [2.45, 2.75) is 52.1 Å². The molecule has 0 unspecified atom stereocenters. The second kappa shape index (κ2) is 8.06. The first-order valence-electron chi connectivity index (χ1n) is 6.06. The van der Waals surface area contributed by atoms with Crippen molar-refractivity contribution in [1.82, 2.24) is 4.90 Å². The van der Waals surface area contributed by atoms with Gasteiger partial charge in [-0.15, -0.1) is 0 Å². The number of carbonyl (C=O) groups excluding carboxylic acids is 2. The molecule has 1 atom stereocenters. The average molecular weight is 244 g/mol. The van der Waals surface area contributed by atoms with E-state index in [9.17, 15) is 9.59 Å². The monoisotopic (exact) mass is 244 g/mol. The molecule has 0 spiro atoms. The molecule has 0 bridgehead atoms. The standard InChI is InChI=1S/C12H24N2O3/c1-5-6-7-10(13)12(16)14(9(2)3)8-11(15)17-4/h9-10H,5-8,13H2,1-4H3/t10-/m0/s1. The van der Waals surface area contributed by atoms with Crippen LogP contribution < -0.4 is 5.73 Å². The third-order valence-electron chi connectivity index (χ3n) is 2.62. The van der Waals surface area contributed by atoms with Gasteiger partial charge in [0.1, 0.15) is 6.54 Å². The van der Waals surface area contributed by atoms with Crippen LogP contribution >= 0.6 is 0 Å². The van der Waals surface area contributed by atoms with Crippen LogP contribution in [-0.2, 0) is 14.3 Å². The first-order valence-corrected chi connectivity index (χ1v) is 6.06. The van der Waals surface area contributed by atoms with Crippen molar-refractivity contribution in [3.05, 3.63) is 0 Å². The van der Waals surface area contributed by atoms with E-state index in [1.54, 1.807) is 0 Å². The van der Waals surface area contributed by atoms with Gasteiger partial charge < -0.3 is 15.4 Å². The van der Waals surface area contributed by atoms with Crippen LogP contribution in [0.5, 0.6) is 0 Å². The number of hydrogen-bond donors (Lipinski definition) is 1. The molecule has 0 saturated heterocycles. The summed E-state index contributed by atoms with van der Waals surface area (Å²) in [5.41, 5.74) is 5.82. The van der Waals surface area contributed by atoms with Gasteiger partial charge >= 0.3 is 5.97 Å². The minimum Gasteiger partial charge on any atom is -0.468 e. The molecule has 0 aliphatic rings. The summed E-state index contributed by atoms with van der Waals surface area (Å²) in [6, 6.07) is -0.587. The zero-order valence-electron chi connectivity index (χ0n) is 11.2. The number of esters is 1. The van der Waals surface area contributed by atoms with Crippen LogP contribution in [-0.4, -0.2) is 42.5 Å². The topological polar surface area (TPSA) is 72.6 Å². The molecule has 0 heterocycles. The highest BCUT2D eigenvalue weighted by Crippen LogP contribution is 2.06. The summed E-state index contributed by atoms with van der Waals surface area (Å²) < 4.78 is 4.57. The van der Waals surface area contributed by atoms with Crippen molar-refractivity contribution in [2.24, 2.45) is 5.73 Å². The Balaban J connectivity index is 4.48. The normalized spacial score (nSPS) is 12.4. The fourth-order valence-electron chi connectivity index (χ4n) is 1.48. The van der Waals surface area contributed by atoms with E-state index in [1.807, 2.05) is 20.8 Å². The highest BCUT2D eigenvalue weighted by molar-refractivity contribution is 5.85. The van der Waals surface area contributed by atoms with Crippen molar-refractivity contribution in [3.63, 3.8) is 0 Å². The number of nitrogens with two attached hydrogens (primary N) is 1. The fraction of sp³-hybridized carbons (Fsp3) is 0.833. The lowest BCUT2D eigenvalue weighted by Crippen LogP contribution is -2.49. The molecule has 0 aromatic rings. The molecule has 0 aromatic carbocycles. The molecule has 17 heavy (non-hydrogen) atoms. The first kappa shape index (κ1) is 15.9. The van der Waals surface area contributed by atoms with Crippen molar-refractivity contribution < 1.29 is 14.3 Å². The molecular formula is C12H24N2O3. The summed E-state index contributed by atoms with van der Waals surface area (Å²) in [4.78, 5) is 24.7.